The fourth-order valence-corrected chi connectivity index (χ4v) is 2.95. The van der Waals surface area contributed by atoms with E-state index in [4.69, 9.17) is 9.47 Å². The predicted octanol–water partition coefficient (Wildman–Crippen LogP) is 4.77. The molecule has 1 aromatic heterocycles. The van der Waals surface area contributed by atoms with Gasteiger partial charge in [0.15, 0.2) is 5.75 Å². The highest BCUT2D eigenvalue weighted by Crippen LogP contribution is 2.33. The first kappa shape index (κ1) is 18.8. The fraction of sp³-hybridized carbons (Fsp3) is 0.318. The lowest BCUT2D eigenvalue weighted by Gasteiger charge is -2.15. The Morgan fingerprint density at radius 2 is 1.78 bits per heavy atom. The first-order chi connectivity index (χ1) is 13.2. The minimum Gasteiger partial charge on any atom is -0.508 e. The average molecular weight is 367 g/mol. The van der Waals surface area contributed by atoms with Crippen molar-refractivity contribution in [2.45, 2.75) is 39.2 Å². The minimum atomic E-state index is -0.368. The Balaban J connectivity index is 1.89. The van der Waals surface area contributed by atoms with E-state index in [1.165, 1.54) is 6.07 Å². The van der Waals surface area contributed by atoms with Gasteiger partial charge in [-0.2, -0.15) is 0 Å². The van der Waals surface area contributed by atoms with Gasteiger partial charge in [0.1, 0.15) is 12.4 Å². The molecule has 0 unspecified atom stereocenters. The summed E-state index contributed by atoms with van der Waals surface area (Å²) >= 11 is 0. The third-order valence-electron chi connectivity index (χ3n) is 4.38. The Bertz CT molecular complexity index is 934. The van der Waals surface area contributed by atoms with Crippen LogP contribution in [-0.4, -0.2) is 16.7 Å². The highest BCUT2D eigenvalue weighted by Gasteiger charge is 2.16. The van der Waals surface area contributed by atoms with Gasteiger partial charge in [-0.15, -0.1) is 0 Å². The summed E-state index contributed by atoms with van der Waals surface area (Å²) in [6, 6.07) is 14.5. The first-order valence-corrected chi connectivity index (χ1v) is 9.37. The molecular weight excluding hydrogens is 342 g/mol. The van der Waals surface area contributed by atoms with Crippen LogP contribution in [0.4, 0.5) is 0 Å². The highest BCUT2D eigenvalue weighted by atomic mass is 16.5. The van der Waals surface area contributed by atoms with Crippen molar-refractivity contribution in [3.8, 4) is 17.2 Å². The van der Waals surface area contributed by atoms with Gasteiger partial charge < -0.3 is 19.6 Å². The van der Waals surface area contributed by atoms with Gasteiger partial charge in [0.2, 0.25) is 5.75 Å². The number of phenols is 1. The van der Waals surface area contributed by atoms with Crippen LogP contribution >= 0.6 is 0 Å². The molecule has 0 atom stereocenters. The summed E-state index contributed by atoms with van der Waals surface area (Å²) < 4.78 is 11.8. The second-order valence-electron chi connectivity index (χ2n) is 6.53. The van der Waals surface area contributed by atoms with Crippen LogP contribution in [0.2, 0.25) is 0 Å². The zero-order chi connectivity index (χ0) is 19.1. The molecule has 5 heteroatoms. The summed E-state index contributed by atoms with van der Waals surface area (Å²) in [5.41, 5.74) is 1.12. The molecule has 0 aliphatic carbocycles. The van der Waals surface area contributed by atoms with Crippen LogP contribution in [0.1, 0.15) is 38.2 Å². The number of phenolic OH excluding ortho intramolecular Hbond substituents is 1. The third-order valence-corrected chi connectivity index (χ3v) is 4.38. The summed E-state index contributed by atoms with van der Waals surface area (Å²) in [6.07, 6.45) is 4.31. The Morgan fingerprint density at radius 3 is 2.56 bits per heavy atom. The average Bonchev–Trinajstić information content (AvgIpc) is 2.67. The zero-order valence-corrected chi connectivity index (χ0v) is 15.5. The first-order valence-electron chi connectivity index (χ1n) is 9.37. The van der Waals surface area contributed by atoms with Crippen molar-refractivity contribution in [1.29, 1.82) is 0 Å². The Labute approximate surface area is 158 Å². The number of benzene rings is 2. The largest absolute Gasteiger partial charge is 0.508 e. The van der Waals surface area contributed by atoms with Crippen molar-refractivity contribution < 1.29 is 14.6 Å². The smallest absolute Gasteiger partial charge is 0.294 e. The van der Waals surface area contributed by atoms with E-state index < -0.39 is 0 Å². The van der Waals surface area contributed by atoms with Crippen molar-refractivity contribution in [2.75, 3.05) is 6.61 Å². The topological polar surface area (TPSA) is 71.5 Å². The maximum Gasteiger partial charge on any atom is 0.294 e. The van der Waals surface area contributed by atoms with Crippen LogP contribution in [0.25, 0.3) is 10.9 Å². The molecule has 0 saturated heterocycles. The zero-order valence-electron chi connectivity index (χ0n) is 15.5. The van der Waals surface area contributed by atoms with Crippen LogP contribution in [0, 0.1) is 0 Å². The normalized spacial score (nSPS) is 10.9. The minimum absolute atomic E-state index is 0.0880. The quantitative estimate of drug-likeness (QED) is 0.534. The van der Waals surface area contributed by atoms with Crippen molar-refractivity contribution >= 4 is 10.9 Å². The molecule has 2 N–H and O–H groups in total. The van der Waals surface area contributed by atoms with Gasteiger partial charge in [-0.1, -0.05) is 56.5 Å². The van der Waals surface area contributed by atoms with E-state index in [0.717, 1.165) is 31.2 Å². The van der Waals surface area contributed by atoms with Gasteiger partial charge in [0.05, 0.1) is 12.1 Å². The van der Waals surface area contributed by atoms with Crippen LogP contribution in [0.15, 0.2) is 53.3 Å². The number of hydrogen-bond acceptors (Lipinski definition) is 4. The molecule has 0 spiro atoms. The molecule has 142 valence electrons. The second-order valence-corrected chi connectivity index (χ2v) is 6.53. The van der Waals surface area contributed by atoms with Crippen molar-refractivity contribution in [3.05, 3.63) is 64.4 Å². The molecule has 3 rings (SSSR count). The maximum atomic E-state index is 12.6. The fourth-order valence-electron chi connectivity index (χ4n) is 2.95. The molecule has 0 aliphatic heterocycles. The molecule has 0 fully saturated rings. The summed E-state index contributed by atoms with van der Waals surface area (Å²) in [7, 11) is 0. The van der Waals surface area contributed by atoms with Gasteiger partial charge in [-0.3, -0.25) is 4.79 Å². The van der Waals surface area contributed by atoms with E-state index in [1.807, 2.05) is 30.3 Å². The third kappa shape index (κ3) is 4.82. The van der Waals surface area contributed by atoms with E-state index in [9.17, 15) is 9.90 Å². The molecule has 1 heterocycles. The number of aromatic amines is 1. The summed E-state index contributed by atoms with van der Waals surface area (Å²) in [6.45, 7) is 2.95. The van der Waals surface area contributed by atoms with Crippen molar-refractivity contribution in [2.24, 2.45) is 0 Å². The van der Waals surface area contributed by atoms with E-state index in [2.05, 4.69) is 11.9 Å². The number of aromatic hydroxyl groups is 1. The Hall–Kier alpha value is -2.95. The number of hydrogen-bond donors (Lipinski definition) is 2. The Morgan fingerprint density at radius 1 is 0.963 bits per heavy atom. The lowest BCUT2D eigenvalue weighted by Crippen LogP contribution is -2.14. The van der Waals surface area contributed by atoms with Crippen LogP contribution in [-0.2, 0) is 6.61 Å². The van der Waals surface area contributed by atoms with E-state index in [0.29, 0.717) is 23.3 Å². The number of nitrogens with one attached hydrogen (secondary N) is 1. The van der Waals surface area contributed by atoms with Gasteiger partial charge in [0.25, 0.3) is 5.56 Å². The molecule has 0 bridgehead atoms. The molecule has 5 nitrogen and oxygen atoms in total. The standard InChI is InChI=1S/C22H25NO4/c1-2-3-4-8-13-26-20-18-12-11-17(24)14-19(18)23-22(25)21(20)27-15-16-9-6-5-7-10-16/h5-7,9-12,14,24H,2-4,8,13,15H2,1H3,(H,23,25). The molecule has 0 amide bonds. The molecule has 3 aromatic rings. The molecule has 27 heavy (non-hydrogen) atoms. The van der Waals surface area contributed by atoms with Gasteiger partial charge in [-0.25, -0.2) is 0 Å². The summed E-state index contributed by atoms with van der Waals surface area (Å²) in [5.74, 6) is 0.693. The Kier molecular flexibility index (Phi) is 6.36. The molecular formula is C22H25NO4. The molecule has 0 aliphatic rings. The number of pyridine rings is 1. The number of unbranched alkanes of at least 4 members (excludes halogenated alkanes) is 3. The van der Waals surface area contributed by atoms with Gasteiger partial charge in [-0.05, 0) is 24.1 Å². The number of aromatic nitrogens is 1. The van der Waals surface area contributed by atoms with E-state index in [1.54, 1.807) is 12.1 Å². The van der Waals surface area contributed by atoms with E-state index >= 15 is 0 Å². The van der Waals surface area contributed by atoms with Gasteiger partial charge in [0, 0.05) is 11.5 Å². The summed E-state index contributed by atoms with van der Waals surface area (Å²) in [5, 5.41) is 10.4. The highest BCUT2D eigenvalue weighted by molar-refractivity contribution is 5.88. The SMILES string of the molecule is CCCCCCOc1c(OCc2ccccc2)c(=O)[nH]c2cc(O)ccc12. The predicted molar refractivity (Wildman–Crippen MR) is 107 cm³/mol. The number of fused-ring (bicyclic) bond motifs is 1. The molecule has 2 aromatic carbocycles. The lowest BCUT2D eigenvalue weighted by atomic mass is 10.1. The molecule has 0 radical (unpaired) electrons. The van der Waals surface area contributed by atoms with Crippen molar-refractivity contribution in [1.82, 2.24) is 4.98 Å². The van der Waals surface area contributed by atoms with Crippen LogP contribution in [0.5, 0.6) is 17.2 Å². The number of ether oxygens (including phenoxy) is 2. The number of H-pyrrole nitrogens is 1. The van der Waals surface area contributed by atoms with E-state index in [-0.39, 0.29) is 23.7 Å². The van der Waals surface area contributed by atoms with Crippen LogP contribution < -0.4 is 15.0 Å². The van der Waals surface area contributed by atoms with Gasteiger partial charge >= 0.3 is 0 Å². The second kappa shape index (κ2) is 9.12. The summed E-state index contributed by atoms with van der Waals surface area (Å²) in [4.78, 5) is 15.3. The monoisotopic (exact) mass is 367 g/mol. The maximum absolute atomic E-state index is 12.6. The molecule has 0 saturated carbocycles. The number of rotatable bonds is 9. The lowest BCUT2D eigenvalue weighted by molar-refractivity contribution is 0.257. The van der Waals surface area contributed by atoms with Crippen LogP contribution in [0.3, 0.4) is 0 Å². The van der Waals surface area contributed by atoms with Crippen molar-refractivity contribution in [3.63, 3.8) is 0 Å².